The lowest BCUT2D eigenvalue weighted by atomic mass is 9.95. The molecule has 0 aliphatic carbocycles. The Morgan fingerprint density at radius 2 is 0.938 bits per heavy atom. The average Bonchev–Trinajstić information content (AvgIpc) is 2.92. The topological polar surface area (TPSA) is 238 Å². The van der Waals surface area contributed by atoms with E-state index in [2.05, 4.69) is 15.9 Å². The molecule has 48 heavy (non-hydrogen) atoms. The highest BCUT2D eigenvalue weighted by molar-refractivity contribution is 9.10. The van der Waals surface area contributed by atoms with Crippen LogP contribution in [0.4, 0.5) is 0 Å². The molecular formula is C28H37BrO19. The Labute approximate surface area is 282 Å². The molecule has 19 nitrogen and oxygen atoms in total. The smallest absolute Gasteiger partial charge is 0.305 e. The average molecular weight is 757 g/mol. The van der Waals surface area contributed by atoms with Crippen LogP contribution in [0.5, 0.6) is 0 Å². The molecule has 0 saturated carbocycles. The summed E-state index contributed by atoms with van der Waals surface area (Å²) in [6.45, 7) is 6.89. The standard InChI is InChI=1S/C28H37BrO19/c1-11(30)38-9-19-21(22(40-13(3)32)23(41-14(4)33)26(45-19)44-17(7)36)47-27-25(43-16(6)35)28(29,48-18(8)37)24(42-15(5)34)20(46-27)10-39-12(2)31/h19-27H,9-10H2,1-8H3/t19-,20-,21-,22+,23-,24-,25+,26-,27-,28+/m1/s1. The van der Waals surface area contributed by atoms with Crippen molar-refractivity contribution < 1.29 is 90.5 Å². The summed E-state index contributed by atoms with van der Waals surface area (Å²) in [5.74, 6) is -7.21. The van der Waals surface area contributed by atoms with E-state index in [1.165, 1.54) is 0 Å². The maximum Gasteiger partial charge on any atom is 0.305 e. The second kappa shape index (κ2) is 17.5. The number of hydrogen-bond donors (Lipinski definition) is 0. The van der Waals surface area contributed by atoms with Gasteiger partial charge in [0.25, 0.3) is 0 Å². The molecule has 0 aromatic heterocycles. The highest BCUT2D eigenvalue weighted by Crippen LogP contribution is 2.44. The summed E-state index contributed by atoms with van der Waals surface area (Å²) in [6, 6.07) is 0. The van der Waals surface area contributed by atoms with Crippen LogP contribution in [-0.2, 0) is 90.5 Å². The predicted octanol–water partition coefficient (Wildman–Crippen LogP) is -0.108. The van der Waals surface area contributed by atoms with Crippen LogP contribution in [0.25, 0.3) is 0 Å². The van der Waals surface area contributed by atoms with Crippen molar-refractivity contribution in [3.05, 3.63) is 0 Å². The molecule has 0 aromatic carbocycles. The van der Waals surface area contributed by atoms with Crippen LogP contribution in [0, 0.1) is 0 Å². The van der Waals surface area contributed by atoms with Crippen molar-refractivity contribution in [1.82, 2.24) is 0 Å². The van der Waals surface area contributed by atoms with Gasteiger partial charge in [-0.05, 0) is 15.9 Å². The Balaban J connectivity index is 2.80. The molecule has 2 aliphatic heterocycles. The first kappa shape index (κ1) is 40.3. The first-order valence-corrected chi connectivity index (χ1v) is 15.0. The first-order chi connectivity index (χ1) is 22.2. The lowest BCUT2D eigenvalue weighted by molar-refractivity contribution is -0.360. The number of hydrogen-bond acceptors (Lipinski definition) is 19. The zero-order valence-corrected chi connectivity index (χ0v) is 28.8. The highest BCUT2D eigenvalue weighted by Gasteiger charge is 2.64. The molecule has 2 aliphatic rings. The van der Waals surface area contributed by atoms with Gasteiger partial charge in [0.05, 0.1) is 0 Å². The normalized spacial score (nSPS) is 31.2. The summed E-state index contributed by atoms with van der Waals surface area (Å²) in [4.78, 5) is 96.9. The zero-order valence-electron chi connectivity index (χ0n) is 27.2. The van der Waals surface area contributed by atoms with Crippen molar-refractivity contribution >= 4 is 63.7 Å². The molecule has 2 heterocycles. The van der Waals surface area contributed by atoms with E-state index in [0.29, 0.717) is 0 Å². The lowest BCUT2D eigenvalue weighted by Crippen LogP contribution is -2.70. The molecule has 2 saturated heterocycles. The summed E-state index contributed by atoms with van der Waals surface area (Å²) < 4.78 is 58.3. The lowest BCUT2D eigenvalue weighted by Gasteiger charge is -2.51. The SMILES string of the molecule is CC(=O)OC[C@H]1O[C@@H](OC(C)=O)[C@H](OC(C)=O)[C@@H](OC(C)=O)[C@@H]1O[C@H]1O[C@H](COC(C)=O)[C@@H](OC(C)=O)[C@](Br)(OC(C)=O)[C@H]1OC(C)=O. The summed E-state index contributed by atoms with van der Waals surface area (Å²) >= 11 is 3.23. The molecule has 0 N–H and O–H groups in total. The van der Waals surface area contributed by atoms with E-state index >= 15 is 0 Å². The van der Waals surface area contributed by atoms with Gasteiger partial charge in [0, 0.05) is 55.4 Å². The van der Waals surface area contributed by atoms with Gasteiger partial charge < -0.3 is 52.1 Å². The minimum atomic E-state index is -2.29. The molecule has 0 aromatic rings. The molecule has 0 amide bonds. The molecule has 270 valence electrons. The first-order valence-electron chi connectivity index (χ1n) is 14.2. The van der Waals surface area contributed by atoms with Crippen molar-refractivity contribution in [2.75, 3.05) is 13.2 Å². The molecule has 0 bridgehead atoms. The molecule has 2 fully saturated rings. The molecule has 10 atom stereocenters. The molecular weight excluding hydrogens is 720 g/mol. The van der Waals surface area contributed by atoms with Gasteiger partial charge in [-0.15, -0.1) is 0 Å². The number of halogens is 1. The van der Waals surface area contributed by atoms with E-state index in [1.807, 2.05) is 0 Å². The van der Waals surface area contributed by atoms with Crippen LogP contribution in [0.3, 0.4) is 0 Å². The summed E-state index contributed by atoms with van der Waals surface area (Å²) in [5.41, 5.74) is 0. The quantitative estimate of drug-likeness (QED) is 0.143. The number of esters is 8. The van der Waals surface area contributed by atoms with E-state index in [9.17, 15) is 38.4 Å². The summed E-state index contributed by atoms with van der Waals surface area (Å²) in [7, 11) is 0. The van der Waals surface area contributed by atoms with Crippen LogP contribution in [0.15, 0.2) is 0 Å². The van der Waals surface area contributed by atoms with Crippen LogP contribution < -0.4 is 0 Å². The van der Waals surface area contributed by atoms with E-state index < -0.39 is 121 Å². The Morgan fingerprint density at radius 1 is 0.500 bits per heavy atom. The Bertz CT molecular complexity index is 1250. The van der Waals surface area contributed by atoms with Crippen LogP contribution in [0.1, 0.15) is 55.4 Å². The predicted molar refractivity (Wildman–Crippen MR) is 153 cm³/mol. The second-order valence-electron chi connectivity index (χ2n) is 10.4. The number of rotatable bonds is 12. The maximum absolute atomic E-state index is 12.4. The van der Waals surface area contributed by atoms with Gasteiger partial charge in [-0.3, -0.25) is 38.4 Å². The van der Waals surface area contributed by atoms with Crippen LogP contribution in [-0.4, -0.2) is 121 Å². The van der Waals surface area contributed by atoms with Crippen molar-refractivity contribution in [3.63, 3.8) is 0 Å². The number of ether oxygens (including phenoxy) is 11. The summed E-state index contributed by atoms with van der Waals surface area (Å²) in [5, 5.41) is 0. The Morgan fingerprint density at radius 3 is 1.40 bits per heavy atom. The minimum absolute atomic E-state index is 0.634. The number of alkyl halides is 1. The zero-order chi connectivity index (χ0) is 36.5. The second-order valence-corrected chi connectivity index (χ2v) is 11.6. The fraction of sp³-hybridized carbons (Fsp3) is 0.714. The number of carbonyl (C=O) groups is 8. The Hall–Kier alpha value is -3.88. The van der Waals surface area contributed by atoms with Gasteiger partial charge in [0.2, 0.25) is 29.3 Å². The van der Waals surface area contributed by atoms with Crippen molar-refractivity contribution in [2.24, 2.45) is 0 Å². The van der Waals surface area contributed by atoms with E-state index in [1.54, 1.807) is 0 Å². The van der Waals surface area contributed by atoms with E-state index in [4.69, 9.17) is 52.1 Å². The molecule has 0 radical (unpaired) electrons. The fourth-order valence-corrected chi connectivity index (χ4v) is 5.69. The highest BCUT2D eigenvalue weighted by atomic mass is 79.9. The molecule has 0 unspecified atom stereocenters. The molecule has 0 spiro atoms. The van der Waals surface area contributed by atoms with Crippen LogP contribution in [0.2, 0.25) is 0 Å². The molecule has 2 rings (SSSR count). The summed E-state index contributed by atoms with van der Waals surface area (Å²) in [6.07, 6.45) is -15.2. The fourth-order valence-electron chi connectivity index (χ4n) is 4.76. The molecule has 20 heteroatoms. The van der Waals surface area contributed by atoms with Crippen molar-refractivity contribution in [1.29, 1.82) is 0 Å². The van der Waals surface area contributed by atoms with Gasteiger partial charge in [-0.25, -0.2) is 0 Å². The van der Waals surface area contributed by atoms with Gasteiger partial charge in [0.1, 0.15) is 31.5 Å². The van der Waals surface area contributed by atoms with Crippen molar-refractivity contribution in [3.8, 4) is 0 Å². The van der Waals surface area contributed by atoms with Gasteiger partial charge in [0.15, 0.2) is 12.2 Å². The van der Waals surface area contributed by atoms with E-state index in [-0.39, 0.29) is 0 Å². The van der Waals surface area contributed by atoms with Crippen LogP contribution >= 0.6 is 15.9 Å². The maximum atomic E-state index is 12.4. The third-order valence-electron chi connectivity index (χ3n) is 6.23. The largest absolute Gasteiger partial charge is 0.463 e. The van der Waals surface area contributed by atoms with Gasteiger partial charge >= 0.3 is 47.8 Å². The minimum Gasteiger partial charge on any atom is -0.463 e. The van der Waals surface area contributed by atoms with Gasteiger partial charge in [-0.2, -0.15) is 0 Å². The monoisotopic (exact) mass is 756 g/mol. The van der Waals surface area contributed by atoms with Gasteiger partial charge in [-0.1, -0.05) is 0 Å². The third-order valence-corrected chi connectivity index (χ3v) is 7.29. The Kier molecular flexibility index (Phi) is 14.7. The van der Waals surface area contributed by atoms with E-state index in [0.717, 1.165) is 55.4 Å². The number of carbonyl (C=O) groups excluding carboxylic acids is 8. The van der Waals surface area contributed by atoms with Crippen molar-refractivity contribution in [2.45, 2.75) is 115 Å². The third kappa shape index (κ3) is 11.4.